The van der Waals surface area contributed by atoms with Crippen LogP contribution in [0, 0.1) is 12.8 Å². The molecular weight excluding hydrogens is 236 g/mol. The van der Waals surface area contributed by atoms with E-state index in [1.54, 1.807) is 0 Å². The van der Waals surface area contributed by atoms with Crippen molar-refractivity contribution in [3.8, 4) is 0 Å². The Hall–Kier alpha value is -1.61. The van der Waals surface area contributed by atoms with Gasteiger partial charge in [-0.15, -0.1) is 0 Å². The van der Waals surface area contributed by atoms with Crippen molar-refractivity contribution in [2.45, 2.75) is 19.8 Å². The molecule has 100 valence electrons. The minimum absolute atomic E-state index is 0.137. The monoisotopic (exact) mass is 256 g/mol. The molecule has 0 saturated carbocycles. The number of Topliss-reactive ketones (excluding diaryl/α,β-unsaturated/α-hetero) is 1. The molecule has 1 aromatic heterocycles. The first-order valence-electron chi connectivity index (χ1n) is 6.99. The van der Waals surface area contributed by atoms with E-state index in [-0.39, 0.29) is 5.92 Å². The lowest BCUT2D eigenvalue weighted by molar-refractivity contribution is 0.0900. The maximum atomic E-state index is 12.8. The fraction of sp³-hybridized carbons (Fsp3) is 0.438. The van der Waals surface area contributed by atoms with E-state index in [1.807, 2.05) is 26.1 Å². The summed E-state index contributed by atoms with van der Waals surface area (Å²) in [6.07, 6.45) is 2.11. The maximum Gasteiger partial charge on any atom is 0.169 e. The highest BCUT2D eigenvalue weighted by Crippen LogP contribution is 2.28. The molecule has 1 N–H and O–H groups in total. The Morgan fingerprint density at radius 3 is 2.89 bits per heavy atom. The van der Waals surface area contributed by atoms with Gasteiger partial charge in [-0.1, -0.05) is 18.2 Å². The van der Waals surface area contributed by atoms with Crippen molar-refractivity contribution in [2.75, 3.05) is 13.1 Å². The molecule has 1 atom stereocenters. The van der Waals surface area contributed by atoms with Crippen LogP contribution in [-0.2, 0) is 7.05 Å². The van der Waals surface area contributed by atoms with Crippen molar-refractivity contribution in [1.29, 1.82) is 0 Å². The van der Waals surface area contributed by atoms with Gasteiger partial charge in [0.1, 0.15) is 0 Å². The molecule has 1 aliphatic rings. The third-order valence-corrected chi connectivity index (χ3v) is 4.31. The Morgan fingerprint density at radius 1 is 1.37 bits per heavy atom. The van der Waals surface area contributed by atoms with Gasteiger partial charge in [0.15, 0.2) is 5.78 Å². The van der Waals surface area contributed by atoms with Crippen LogP contribution in [0.25, 0.3) is 10.9 Å². The molecule has 3 heteroatoms. The second-order valence-corrected chi connectivity index (χ2v) is 5.44. The van der Waals surface area contributed by atoms with Gasteiger partial charge in [-0.3, -0.25) is 4.79 Å². The van der Waals surface area contributed by atoms with E-state index in [0.29, 0.717) is 5.78 Å². The molecule has 0 amide bonds. The van der Waals surface area contributed by atoms with Gasteiger partial charge >= 0.3 is 0 Å². The fourth-order valence-corrected chi connectivity index (χ4v) is 3.11. The summed E-state index contributed by atoms with van der Waals surface area (Å²) in [6, 6.07) is 8.18. The fourth-order valence-electron chi connectivity index (χ4n) is 3.11. The van der Waals surface area contributed by atoms with Crippen molar-refractivity contribution >= 4 is 16.7 Å². The number of hydrogen-bond acceptors (Lipinski definition) is 2. The smallest absolute Gasteiger partial charge is 0.169 e. The summed E-state index contributed by atoms with van der Waals surface area (Å²) in [4.78, 5) is 12.8. The van der Waals surface area contributed by atoms with Crippen LogP contribution < -0.4 is 5.32 Å². The third kappa shape index (κ3) is 1.98. The lowest BCUT2D eigenvalue weighted by atomic mass is 9.90. The number of ketones is 1. The normalized spacial score (nSPS) is 19.8. The number of nitrogens with zero attached hydrogens (tertiary/aromatic N) is 1. The highest BCUT2D eigenvalue weighted by atomic mass is 16.1. The molecule has 1 fully saturated rings. The van der Waals surface area contributed by atoms with E-state index >= 15 is 0 Å². The van der Waals surface area contributed by atoms with E-state index in [9.17, 15) is 4.79 Å². The molecule has 1 saturated heterocycles. The number of rotatable bonds is 2. The molecule has 2 heterocycles. The molecular formula is C16H20N2O. The Morgan fingerprint density at radius 2 is 2.16 bits per heavy atom. The first-order chi connectivity index (χ1) is 9.20. The molecule has 0 bridgehead atoms. The van der Waals surface area contributed by atoms with E-state index in [1.165, 1.54) is 0 Å². The number of nitrogens with one attached hydrogen (secondary N) is 1. The Kier molecular flexibility index (Phi) is 3.15. The van der Waals surface area contributed by atoms with Crippen LogP contribution in [0.1, 0.15) is 28.9 Å². The van der Waals surface area contributed by atoms with Crippen molar-refractivity contribution in [3.05, 3.63) is 35.5 Å². The van der Waals surface area contributed by atoms with Crippen molar-refractivity contribution in [3.63, 3.8) is 0 Å². The topological polar surface area (TPSA) is 34.0 Å². The molecule has 1 aromatic carbocycles. The number of aryl methyl sites for hydroxylation is 1. The minimum Gasteiger partial charge on any atom is -0.347 e. The SMILES string of the molecule is Cc1c(C(=O)C2CCCNC2)c2ccccc2n1C. The summed E-state index contributed by atoms with van der Waals surface area (Å²) < 4.78 is 2.12. The maximum absolute atomic E-state index is 12.8. The van der Waals surface area contributed by atoms with Crippen LogP contribution in [0.3, 0.4) is 0 Å². The number of carbonyl (C=O) groups excluding carboxylic acids is 1. The number of aromatic nitrogens is 1. The molecule has 3 rings (SSSR count). The lowest BCUT2D eigenvalue weighted by Crippen LogP contribution is -2.34. The van der Waals surface area contributed by atoms with Crippen molar-refractivity contribution in [1.82, 2.24) is 9.88 Å². The molecule has 19 heavy (non-hydrogen) atoms. The van der Waals surface area contributed by atoms with Crippen LogP contribution in [-0.4, -0.2) is 23.4 Å². The summed E-state index contributed by atoms with van der Waals surface area (Å²) in [5, 5.41) is 4.43. The third-order valence-electron chi connectivity index (χ3n) is 4.31. The number of benzene rings is 1. The van der Waals surface area contributed by atoms with Gasteiger partial charge in [0.2, 0.25) is 0 Å². The van der Waals surface area contributed by atoms with Crippen molar-refractivity contribution < 1.29 is 4.79 Å². The molecule has 0 spiro atoms. The predicted octanol–water partition coefficient (Wildman–Crippen LogP) is 2.67. The zero-order valence-electron chi connectivity index (χ0n) is 11.6. The zero-order valence-corrected chi connectivity index (χ0v) is 11.6. The highest BCUT2D eigenvalue weighted by Gasteiger charge is 2.26. The summed E-state index contributed by atoms with van der Waals surface area (Å²) in [7, 11) is 2.04. The molecule has 1 aliphatic heterocycles. The zero-order chi connectivity index (χ0) is 13.4. The average molecular weight is 256 g/mol. The first kappa shape index (κ1) is 12.4. The quantitative estimate of drug-likeness (QED) is 0.838. The van der Waals surface area contributed by atoms with Gasteiger partial charge in [0.05, 0.1) is 0 Å². The predicted molar refractivity (Wildman–Crippen MR) is 77.6 cm³/mol. The van der Waals surface area contributed by atoms with Gasteiger partial charge < -0.3 is 9.88 Å². The van der Waals surface area contributed by atoms with E-state index in [2.05, 4.69) is 22.0 Å². The summed E-state index contributed by atoms with van der Waals surface area (Å²) >= 11 is 0. The standard InChI is InChI=1S/C16H20N2O/c1-11-15(16(19)12-6-5-9-17-10-12)13-7-3-4-8-14(13)18(11)2/h3-4,7-8,12,17H,5-6,9-10H2,1-2H3. The first-order valence-corrected chi connectivity index (χ1v) is 6.99. The largest absolute Gasteiger partial charge is 0.347 e. The molecule has 2 aromatic rings. The summed E-state index contributed by atoms with van der Waals surface area (Å²) in [6.45, 7) is 3.91. The van der Waals surface area contributed by atoms with E-state index < -0.39 is 0 Å². The number of para-hydroxylation sites is 1. The van der Waals surface area contributed by atoms with Crippen LogP contribution in [0.15, 0.2) is 24.3 Å². The van der Waals surface area contributed by atoms with E-state index in [4.69, 9.17) is 0 Å². The molecule has 1 unspecified atom stereocenters. The van der Waals surface area contributed by atoms with Crippen LogP contribution in [0.4, 0.5) is 0 Å². The van der Waals surface area contributed by atoms with Gasteiger partial charge in [0, 0.05) is 41.7 Å². The number of piperidine rings is 1. The Bertz CT molecular complexity index is 621. The summed E-state index contributed by atoms with van der Waals surface area (Å²) in [5.41, 5.74) is 3.15. The summed E-state index contributed by atoms with van der Waals surface area (Å²) in [5.74, 6) is 0.444. The van der Waals surface area contributed by atoms with Gasteiger partial charge in [-0.25, -0.2) is 0 Å². The molecule has 3 nitrogen and oxygen atoms in total. The van der Waals surface area contributed by atoms with Gasteiger partial charge in [-0.2, -0.15) is 0 Å². The average Bonchev–Trinajstić information content (AvgIpc) is 2.72. The van der Waals surface area contributed by atoms with Gasteiger partial charge in [0.25, 0.3) is 0 Å². The van der Waals surface area contributed by atoms with Crippen LogP contribution in [0.5, 0.6) is 0 Å². The molecule has 0 radical (unpaired) electrons. The number of carbonyl (C=O) groups is 1. The van der Waals surface area contributed by atoms with Gasteiger partial charge in [-0.05, 0) is 32.4 Å². The highest BCUT2D eigenvalue weighted by molar-refractivity contribution is 6.10. The minimum atomic E-state index is 0.137. The van der Waals surface area contributed by atoms with Crippen molar-refractivity contribution in [2.24, 2.45) is 13.0 Å². The Labute approximate surface area is 113 Å². The van der Waals surface area contributed by atoms with Crippen LogP contribution in [0.2, 0.25) is 0 Å². The Balaban J connectivity index is 2.09. The number of fused-ring (bicyclic) bond motifs is 1. The van der Waals surface area contributed by atoms with E-state index in [0.717, 1.165) is 48.1 Å². The van der Waals surface area contributed by atoms with Crippen LogP contribution >= 0.6 is 0 Å². The lowest BCUT2D eigenvalue weighted by Gasteiger charge is -2.21. The second kappa shape index (κ2) is 4.82. The molecule has 0 aliphatic carbocycles. The number of hydrogen-bond donors (Lipinski definition) is 1. The second-order valence-electron chi connectivity index (χ2n) is 5.44.